The van der Waals surface area contributed by atoms with Gasteiger partial charge in [0.2, 0.25) is 0 Å². The maximum Gasteiger partial charge on any atom is 0.320 e. The molecule has 0 saturated heterocycles. The Morgan fingerprint density at radius 3 is 2.71 bits per heavy atom. The van der Waals surface area contributed by atoms with E-state index >= 15 is 0 Å². The maximum absolute atomic E-state index is 10.6. The van der Waals surface area contributed by atoms with Crippen molar-refractivity contribution in [3.8, 4) is 11.5 Å². The SMILES string of the molecule is [3H]c1c([3H])c(C[C@H](N)C(=O)O)c([3H])c(O)c1O. The highest BCUT2D eigenvalue weighted by atomic mass is 16.4. The van der Waals surface area contributed by atoms with Crippen molar-refractivity contribution in [3.05, 3.63) is 23.7 Å². The molecule has 1 aromatic carbocycles. The Morgan fingerprint density at radius 2 is 2.14 bits per heavy atom. The summed E-state index contributed by atoms with van der Waals surface area (Å²) in [5, 5.41) is 27.1. The summed E-state index contributed by atoms with van der Waals surface area (Å²) in [6.07, 6.45) is -0.368. The van der Waals surface area contributed by atoms with E-state index in [9.17, 15) is 15.0 Å². The lowest BCUT2D eigenvalue weighted by atomic mass is 10.1. The Kier molecular flexibility index (Phi) is 1.89. The highest BCUT2D eigenvalue weighted by Gasteiger charge is 2.12. The Labute approximate surface area is 84.6 Å². The standard InChI is InChI=1S/C9H11NO4/c10-6(9(13)14)3-5-1-2-7(11)8(12)4-5/h1-2,4,6,11-12H,3,10H2,(H,13,14)/t6-/m0/s1/i1T,2T,4T. The average Bonchev–Trinajstić information content (AvgIpc) is 2.29. The van der Waals surface area contributed by atoms with Gasteiger partial charge in [0.25, 0.3) is 0 Å². The van der Waals surface area contributed by atoms with Crippen molar-refractivity contribution >= 4 is 5.97 Å². The second-order valence-corrected chi connectivity index (χ2v) is 2.70. The van der Waals surface area contributed by atoms with Crippen LogP contribution in [0.3, 0.4) is 0 Å². The molecular formula is C9H11NO4. The van der Waals surface area contributed by atoms with Crippen molar-refractivity contribution in [3.63, 3.8) is 0 Å². The number of aromatic hydroxyl groups is 2. The van der Waals surface area contributed by atoms with Gasteiger partial charge in [0.05, 0.1) is 4.11 Å². The summed E-state index contributed by atoms with van der Waals surface area (Å²) < 4.78 is 22.2. The third-order valence-corrected chi connectivity index (χ3v) is 1.57. The molecule has 1 atom stereocenters. The van der Waals surface area contributed by atoms with Crippen LogP contribution in [0.1, 0.15) is 9.68 Å². The topological polar surface area (TPSA) is 104 Å². The van der Waals surface area contributed by atoms with Gasteiger partial charge in [-0.3, -0.25) is 4.79 Å². The lowest BCUT2D eigenvalue weighted by molar-refractivity contribution is -0.138. The van der Waals surface area contributed by atoms with E-state index in [2.05, 4.69) is 0 Å². The van der Waals surface area contributed by atoms with E-state index in [0.717, 1.165) is 0 Å². The normalized spacial score (nSPS) is 15.4. The Bertz CT molecular complexity index is 449. The number of phenolic OH excluding ortho intramolecular Hbond substituents is 2. The van der Waals surface area contributed by atoms with E-state index in [1.807, 2.05) is 0 Å². The van der Waals surface area contributed by atoms with Crippen molar-refractivity contribution in [1.82, 2.24) is 0 Å². The summed E-state index contributed by atoms with van der Waals surface area (Å²) in [6, 6.07) is -3.10. The Balaban J connectivity index is 3.30. The lowest BCUT2D eigenvalue weighted by Gasteiger charge is -2.06. The number of hydrogen-bond donors (Lipinski definition) is 4. The highest BCUT2D eigenvalue weighted by Crippen LogP contribution is 2.25. The number of carboxylic acid groups (broad SMARTS) is 1. The van der Waals surface area contributed by atoms with Crippen LogP contribution in [-0.4, -0.2) is 27.3 Å². The van der Waals surface area contributed by atoms with Gasteiger partial charge in [-0.15, -0.1) is 0 Å². The van der Waals surface area contributed by atoms with Crippen molar-refractivity contribution in [2.24, 2.45) is 5.73 Å². The number of hydrogen-bond acceptors (Lipinski definition) is 4. The van der Waals surface area contributed by atoms with E-state index in [4.69, 9.17) is 15.0 Å². The fourth-order valence-corrected chi connectivity index (χ4v) is 0.837. The first kappa shape index (κ1) is 6.67. The van der Waals surface area contributed by atoms with Crippen LogP contribution in [0.15, 0.2) is 18.1 Å². The lowest BCUT2D eigenvalue weighted by Crippen LogP contribution is -2.32. The molecule has 5 N–H and O–H groups in total. The van der Waals surface area contributed by atoms with Gasteiger partial charge in [0.15, 0.2) is 11.5 Å². The van der Waals surface area contributed by atoms with Gasteiger partial charge in [0.1, 0.15) is 6.04 Å². The van der Waals surface area contributed by atoms with Crippen molar-refractivity contribution < 1.29 is 24.2 Å². The van der Waals surface area contributed by atoms with Crippen LogP contribution in [0.2, 0.25) is 0 Å². The van der Waals surface area contributed by atoms with Crippen LogP contribution >= 0.6 is 0 Å². The number of carbonyl (C=O) groups is 1. The van der Waals surface area contributed by atoms with E-state index in [-0.39, 0.29) is 12.0 Å². The second kappa shape index (κ2) is 3.97. The highest BCUT2D eigenvalue weighted by molar-refractivity contribution is 5.73. The predicted octanol–water partition coefficient (Wildman–Crippen LogP) is 0.0522. The molecule has 0 aromatic heterocycles. The number of rotatable bonds is 3. The van der Waals surface area contributed by atoms with E-state index in [0.29, 0.717) is 0 Å². The quantitative estimate of drug-likeness (QED) is 0.520. The molecular weight excluding hydrogens is 186 g/mol. The number of nitrogens with two attached hydrogens (primary N) is 1. The minimum absolute atomic E-state index is 0.180. The maximum atomic E-state index is 10.6. The molecule has 1 rings (SSSR count). The molecule has 1 aromatic rings. The molecule has 0 unspecified atom stereocenters. The van der Waals surface area contributed by atoms with Gasteiger partial charge in [-0.2, -0.15) is 0 Å². The smallest absolute Gasteiger partial charge is 0.320 e. The van der Waals surface area contributed by atoms with Crippen LogP contribution in [-0.2, 0) is 11.2 Å². The van der Waals surface area contributed by atoms with Gasteiger partial charge >= 0.3 is 5.97 Å². The molecule has 0 heterocycles. The Hall–Kier alpha value is -1.75. The average molecular weight is 203 g/mol. The van der Waals surface area contributed by atoms with Crippen molar-refractivity contribution in [2.45, 2.75) is 12.5 Å². The molecule has 76 valence electrons. The largest absolute Gasteiger partial charge is 0.504 e. The fourth-order valence-electron chi connectivity index (χ4n) is 0.837. The molecule has 14 heavy (non-hydrogen) atoms. The van der Waals surface area contributed by atoms with Gasteiger partial charge in [-0.05, 0) is 24.1 Å². The molecule has 0 bridgehead atoms. The zero-order valence-electron chi connectivity index (χ0n) is 10.1. The summed E-state index contributed by atoms with van der Waals surface area (Å²) in [6.45, 7) is 0. The zero-order chi connectivity index (χ0) is 13.3. The summed E-state index contributed by atoms with van der Waals surface area (Å²) in [5.41, 5.74) is 5.07. The molecule has 0 aliphatic carbocycles. The van der Waals surface area contributed by atoms with Crippen LogP contribution in [0.25, 0.3) is 0 Å². The first-order chi connectivity index (χ1) is 7.77. The second-order valence-electron chi connectivity index (χ2n) is 2.70. The van der Waals surface area contributed by atoms with Crippen LogP contribution < -0.4 is 5.73 Å². The van der Waals surface area contributed by atoms with Crippen LogP contribution in [0.4, 0.5) is 0 Å². The minimum atomic E-state index is -1.34. The van der Waals surface area contributed by atoms with E-state index in [1.165, 1.54) is 0 Å². The first-order valence-electron chi connectivity index (χ1n) is 5.26. The number of aliphatic carboxylic acids is 1. The number of benzene rings is 1. The molecule has 0 aliphatic heterocycles. The summed E-state index contributed by atoms with van der Waals surface area (Å²) in [7, 11) is 0. The van der Waals surface area contributed by atoms with Gasteiger partial charge in [-0.1, -0.05) is 6.04 Å². The first-order valence-corrected chi connectivity index (χ1v) is 3.76. The van der Waals surface area contributed by atoms with Gasteiger partial charge in [0, 0.05) is 0 Å². The van der Waals surface area contributed by atoms with Crippen molar-refractivity contribution in [2.75, 3.05) is 0 Å². The van der Waals surface area contributed by atoms with E-state index < -0.39 is 41.6 Å². The Morgan fingerprint density at radius 1 is 1.50 bits per heavy atom. The molecule has 0 radical (unpaired) electrons. The summed E-state index contributed by atoms with van der Waals surface area (Å²) in [5.74, 6) is -3.03. The summed E-state index contributed by atoms with van der Waals surface area (Å²) in [4.78, 5) is 10.6. The van der Waals surface area contributed by atoms with Crippen LogP contribution in [0, 0.1) is 0 Å². The molecule has 0 amide bonds. The molecule has 5 nitrogen and oxygen atoms in total. The van der Waals surface area contributed by atoms with E-state index in [1.54, 1.807) is 0 Å². The fraction of sp³-hybridized carbons (Fsp3) is 0.222. The molecule has 0 fully saturated rings. The third-order valence-electron chi connectivity index (χ3n) is 1.57. The minimum Gasteiger partial charge on any atom is -0.504 e. The summed E-state index contributed by atoms with van der Waals surface area (Å²) >= 11 is 0. The molecule has 5 heteroatoms. The monoisotopic (exact) mass is 203 g/mol. The molecule has 0 spiro atoms. The molecule has 0 aliphatic rings. The predicted molar refractivity (Wildman–Crippen MR) is 49.1 cm³/mol. The molecule has 0 saturated carbocycles. The van der Waals surface area contributed by atoms with Gasteiger partial charge in [-0.25, -0.2) is 0 Å². The van der Waals surface area contributed by atoms with Gasteiger partial charge < -0.3 is 21.1 Å². The number of phenols is 2. The van der Waals surface area contributed by atoms with Crippen LogP contribution in [0.5, 0.6) is 11.5 Å². The zero-order valence-corrected chi connectivity index (χ0v) is 7.11. The van der Waals surface area contributed by atoms with Crippen molar-refractivity contribution in [1.29, 1.82) is 0 Å². The third kappa shape index (κ3) is 2.37. The number of carboxylic acids is 1.